The van der Waals surface area contributed by atoms with Crippen LogP contribution in [-0.4, -0.2) is 35.4 Å². The number of amides is 1. The van der Waals surface area contributed by atoms with Crippen LogP contribution in [0.2, 0.25) is 0 Å². The van der Waals surface area contributed by atoms with Crippen molar-refractivity contribution in [1.82, 2.24) is 4.90 Å². The number of ketones is 1. The van der Waals surface area contributed by atoms with E-state index in [1.807, 2.05) is 18.4 Å². The normalized spacial score (nSPS) is 18.5. The number of Topliss-reactive ketones (excluding diaryl/α,β-unsaturated/α-hetero) is 1. The summed E-state index contributed by atoms with van der Waals surface area (Å²) < 4.78 is 5.90. The van der Waals surface area contributed by atoms with Crippen LogP contribution in [-0.2, 0) is 9.59 Å². The number of methoxy groups -OCH3 is 1. The van der Waals surface area contributed by atoms with E-state index in [1.165, 1.54) is 11.3 Å². The number of nitrogens with zero attached hydrogens (tertiary/aromatic N) is 1. The minimum absolute atomic E-state index is 0.147. The van der Waals surface area contributed by atoms with Gasteiger partial charge in [0.1, 0.15) is 11.5 Å². The van der Waals surface area contributed by atoms with Gasteiger partial charge in [-0.3, -0.25) is 9.59 Å². The molecule has 7 heteroatoms. The Morgan fingerprint density at radius 2 is 2.03 bits per heavy atom. The molecule has 5 nitrogen and oxygen atoms in total. The Balaban J connectivity index is 2.12. The number of unbranched alkanes of at least 4 members (excludes halogenated alkanes) is 2. The molecule has 1 aromatic heterocycles. The van der Waals surface area contributed by atoms with Crippen molar-refractivity contribution in [2.75, 3.05) is 13.7 Å². The highest BCUT2D eigenvalue weighted by molar-refractivity contribution is 9.10. The minimum Gasteiger partial charge on any atom is -0.507 e. The number of aliphatic hydroxyl groups is 1. The average Bonchev–Trinajstić information content (AvgIpc) is 3.23. The maximum Gasteiger partial charge on any atom is 0.295 e. The van der Waals surface area contributed by atoms with E-state index in [0.717, 1.165) is 29.7 Å². The number of aliphatic hydroxyl groups excluding tert-OH is 1. The number of halogens is 1. The second-order valence-corrected chi connectivity index (χ2v) is 8.82. The summed E-state index contributed by atoms with van der Waals surface area (Å²) in [4.78, 5) is 28.3. The first-order valence-corrected chi connectivity index (χ1v) is 11.2. The molecule has 1 aliphatic rings. The maximum atomic E-state index is 12.9. The molecule has 1 amide bonds. The van der Waals surface area contributed by atoms with Gasteiger partial charge in [0.15, 0.2) is 0 Å². The molecule has 1 fully saturated rings. The predicted octanol–water partition coefficient (Wildman–Crippen LogP) is 5.44. The largest absolute Gasteiger partial charge is 0.507 e. The number of rotatable bonds is 7. The molecule has 0 aliphatic carbocycles. The van der Waals surface area contributed by atoms with Crippen LogP contribution in [0.25, 0.3) is 5.76 Å². The lowest BCUT2D eigenvalue weighted by Gasteiger charge is -2.25. The number of likely N-dealkylation sites (tertiary alicyclic amines) is 1. The fourth-order valence-electron chi connectivity index (χ4n) is 3.55. The Kier molecular flexibility index (Phi) is 6.80. The standard InChI is InChI=1S/C22H24BrNO4S/c1-4-5-6-10-24-18(21-13(2)9-11-29-21)17(20(26)22(24)27)19(25)14-7-8-16(28-3)15(23)12-14/h7-9,11-12,18,25H,4-6,10H2,1-3H3/b19-17-. The van der Waals surface area contributed by atoms with Crippen molar-refractivity contribution in [3.8, 4) is 5.75 Å². The third-order valence-electron chi connectivity index (χ3n) is 5.12. The molecule has 0 bridgehead atoms. The van der Waals surface area contributed by atoms with Gasteiger partial charge in [-0.1, -0.05) is 19.8 Å². The van der Waals surface area contributed by atoms with Crippen molar-refractivity contribution in [2.24, 2.45) is 0 Å². The number of carbonyl (C=O) groups excluding carboxylic acids is 2. The van der Waals surface area contributed by atoms with Crippen molar-refractivity contribution in [2.45, 2.75) is 39.2 Å². The molecule has 154 valence electrons. The number of hydrogen-bond acceptors (Lipinski definition) is 5. The number of hydrogen-bond donors (Lipinski definition) is 1. The fraction of sp³-hybridized carbons (Fsp3) is 0.364. The first-order chi connectivity index (χ1) is 13.9. The Morgan fingerprint density at radius 3 is 2.62 bits per heavy atom. The summed E-state index contributed by atoms with van der Waals surface area (Å²) in [6.07, 6.45) is 2.82. The second kappa shape index (κ2) is 9.13. The molecule has 0 saturated carbocycles. The summed E-state index contributed by atoms with van der Waals surface area (Å²) in [5, 5.41) is 13.0. The van der Waals surface area contributed by atoms with Gasteiger partial charge in [0.2, 0.25) is 0 Å². The van der Waals surface area contributed by atoms with E-state index in [2.05, 4.69) is 22.9 Å². The molecule has 2 heterocycles. The van der Waals surface area contributed by atoms with Crippen molar-refractivity contribution < 1.29 is 19.4 Å². The highest BCUT2D eigenvalue weighted by Crippen LogP contribution is 2.43. The number of thiophene rings is 1. The van der Waals surface area contributed by atoms with Gasteiger partial charge in [0.25, 0.3) is 11.7 Å². The average molecular weight is 478 g/mol. The fourth-order valence-corrected chi connectivity index (χ4v) is 5.14. The molecule has 3 rings (SSSR count). The van der Waals surface area contributed by atoms with Gasteiger partial charge in [0, 0.05) is 17.0 Å². The van der Waals surface area contributed by atoms with Gasteiger partial charge in [0.05, 0.1) is 23.2 Å². The SMILES string of the molecule is CCCCCN1C(=O)C(=O)/C(=C(\O)c2ccc(OC)c(Br)c2)C1c1sccc1C. The third-order valence-corrected chi connectivity index (χ3v) is 6.81. The topological polar surface area (TPSA) is 66.8 Å². The molecule has 1 N–H and O–H groups in total. The van der Waals surface area contributed by atoms with Crippen molar-refractivity contribution in [3.63, 3.8) is 0 Å². The lowest BCUT2D eigenvalue weighted by atomic mass is 9.98. The summed E-state index contributed by atoms with van der Waals surface area (Å²) in [6, 6.07) is 6.49. The molecule has 1 aliphatic heterocycles. The van der Waals surface area contributed by atoms with E-state index < -0.39 is 17.7 Å². The van der Waals surface area contributed by atoms with Gasteiger partial charge in [-0.25, -0.2) is 0 Å². The number of carbonyl (C=O) groups is 2. The molecule has 1 aromatic carbocycles. The minimum atomic E-state index is -0.635. The van der Waals surface area contributed by atoms with Crippen molar-refractivity contribution >= 4 is 44.7 Å². The molecule has 1 unspecified atom stereocenters. The molecule has 29 heavy (non-hydrogen) atoms. The summed E-state index contributed by atoms with van der Waals surface area (Å²) in [7, 11) is 1.56. The van der Waals surface area contributed by atoms with E-state index in [0.29, 0.717) is 22.3 Å². The second-order valence-electron chi connectivity index (χ2n) is 7.02. The van der Waals surface area contributed by atoms with Crippen LogP contribution in [0.4, 0.5) is 0 Å². The maximum absolute atomic E-state index is 12.9. The quantitative estimate of drug-likeness (QED) is 0.249. The molecule has 2 aromatic rings. The van der Waals surface area contributed by atoms with E-state index in [1.54, 1.807) is 30.2 Å². The van der Waals surface area contributed by atoms with Crippen LogP contribution in [0.1, 0.15) is 48.2 Å². The van der Waals surface area contributed by atoms with Crippen LogP contribution >= 0.6 is 27.3 Å². The molecular formula is C22H24BrNO4S. The Morgan fingerprint density at radius 1 is 1.28 bits per heavy atom. The van der Waals surface area contributed by atoms with Crippen molar-refractivity contribution in [3.05, 3.63) is 55.7 Å². The zero-order valence-corrected chi connectivity index (χ0v) is 19.1. The smallest absolute Gasteiger partial charge is 0.295 e. The Bertz CT molecular complexity index is 965. The summed E-state index contributed by atoms with van der Waals surface area (Å²) in [5.74, 6) is -0.730. The summed E-state index contributed by atoms with van der Waals surface area (Å²) in [5.41, 5.74) is 1.61. The van der Waals surface area contributed by atoms with E-state index in [9.17, 15) is 14.7 Å². The highest BCUT2D eigenvalue weighted by atomic mass is 79.9. The lowest BCUT2D eigenvalue weighted by Crippen LogP contribution is -2.30. The lowest BCUT2D eigenvalue weighted by molar-refractivity contribution is -0.139. The first-order valence-electron chi connectivity index (χ1n) is 9.57. The van der Waals surface area contributed by atoms with Gasteiger partial charge < -0.3 is 14.7 Å². The zero-order chi connectivity index (χ0) is 21.1. The van der Waals surface area contributed by atoms with Gasteiger partial charge >= 0.3 is 0 Å². The molecule has 0 radical (unpaired) electrons. The Hall–Kier alpha value is -2.12. The summed E-state index contributed by atoms with van der Waals surface area (Å²) in [6.45, 7) is 4.54. The van der Waals surface area contributed by atoms with Crippen LogP contribution in [0, 0.1) is 6.92 Å². The van der Waals surface area contributed by atoms with Crippen LogP contribution in [0.15, 0.2) is 39.7 Å². The van der Waals surface area contributed by atoms with Gasteiger partial charge in [-0.05, 0) is 64.5 Å². The van der Waals surface area contributed by atoms with E-state index in [4.69, 9.17) is 4.74 Å². The van der Waals surface area contributed by atoms with Crippen LogP contribution in [0.5, 0.6) is 5.75 Å². The highest BCUT2D eigenvalue weighted by Gasteiger charge is 2.46. The molecule has 1 atom stereocenters. The van der Waals surface area contributed by atoms with Crippen molar-refractivity contribution in [1.29, 1.82) is 0 Å². The Labute approximate surface area is 183 Å². The van der Waals surface area contributed by atoms with Crippen LogP contribution < -0.4 is 4.74 Å². The molecular weight excluding hydrogens is 454 g/mol. The number of benzene rings is 1. The van der Waals surface area contributed by atoms with E-state index >= 15 is 0 Å². The monoisotopic (exact) mass is 477 g/mol. The number of ether oxygens (including phenoxy) is 1. The predicted molar refractivity (Wildman–Crippen MR) is 118 cm³/mol. The first kappa shape index (κ1) is 21.6. The van der Waals surface area contributed by atoms with Crippen LogP contribution in [0.3, 0.4) is 0 Å². The van der Waals surface area contributed by atoms with Gasteiger partial charge in [-0.15, -0.1) is 11.3 Å². The van der Waals surface area contributed by atoms with Gasteiger partial charge in [-0.2, -0.15) is 0 Å². The third kappa shape index (κ3) is 4.12. The zero-order valence-electron chi connectivity index (χ0n) is 16.7. The molecule has 1 saturated heterocycles. The molecule has 0 spiro atoms. The number of aryl methyl sites for hydroxylation is 1. The van der Waals surface area contributed by atoms with E-state index in [-0.39, 0.29) is 11.3 Å². The summed E-state index contributed by atoms with van der Waals surface area (Å²) >= 11 is 4.91.